The van der Waals surface area contributed by atoms with E-state index in [1.54, 1.807) is 16.9 Å². The van der Waals surface area contributed by atoms with Crippen LogP contribution in [0.3, 0.4) is 0 Å². The summed E-state index contributed by atoms with van der Waals surface area (Å²) in [6.07, 6.45) is 2.25. The molecule has 0 bridgehead atoms. The molecule has 0 saturated heterocycles. The summed E-state index contributed by atoms with van der Waals surface area (Å²) in [5.41, 5.74) is 1.50. The number of carbonyl (C=O) groups excluding carboxylic acids is 1. The van der Waals surface area contributed by atoms with Gasteiger partial charge >= 0.3 is 0 Å². The van der Waals surface area contributed by atoms with Crippen molar-refractivity contribution in [2.24, 2.45) is 0 Å². The summed E-state index contributed by atoms with van der Waals surface area (Å²) >= 11 is 6.30. The van der Waals surface area contributed by atoms with E-state index in [0.717, 1.165) is 5.56 Å². The molecule has 6 heteroatoms. The van der Waals surface area contributed by atoms with Crippen molar-refractivity contribution in [3.8, 4) is 11.3 Å². The summed E-state index contributed by atoms with van der Waals surface area (Å²) < 4.78 is 1.78. The predicted octanol–water partition coefficient (Wildman–Crippen LogP) is 3.46. The minimum absolute atomic E-state index is 0.0278. The van der Waals surface area contributed by atoms with Crippen molar-refractivity contribution in [2.45, 2.75) is 45.7 Å². The normalized spacial score (nSPS) is 12.9. The van der Waals surface area contributed by atoms with Crippen LogP contribution in [0, 0.1) is 0 Å². The third-order valence-electron chi connectivity index (χ3n) is 3.71. The van der Waals surface area contributed by atoms with E-state index in [4.69, 9.17) is 16.7 Å². The number of amides is 1. The first-order valence-electron chi connectivity index (χ1n) is 8.01. The monoisotopic (exact) mass is 349 g/mol. The highest BCUT2D eigenvalue weighted by Crippen LogP contribution is 2.30. The fourth-order valence-corrected chi connectivity index (χ4v) is 2.53. The number of aliphatic hydroxyl groups excluding tert-OH is 1. The Kier molecular flexibility index (Phi) is 5.67. The first-order chi connectivity index (χ1) is 11.2. The Hall–Kier alpha value is -1.85. The lowest BCUT2D eigenvalue weighted by Crippen LogP contribution is -2.33. The van der Waals surface area contributed by atoms with Gasteiger partial charge in [-0.1, -0.05) is 29.8 Å². The molecule has 2 aromatic rings. The standard InChI is InChI=1S/C18H24ClN3O2/c1-12(9-10-23)20-17(24)14-11-22(18(2,3)4)21-16(14)13-7-5-6-8-15(13)19/h5-8,11-12,23H,9-10H2,1-4H3,(H,20,24). The van der Waals surface area contributed by atoms with Crippen LogP contribution in [0.2, 0.25) is 5.02 Å². The molecule has 1 atom stereocenters. The molecule has 0 spiro atoms. The molecule has 24 heavy (non-hydrogen) atoms. The van der Waals surface area contributed by atoms with Crippen LogP contribution in [-0.4, -0.2) is 33.4 Å². The molecule has 1 amide bonds. The molecule has 0 aliphatic carbocycles. The first kappa shape index (κ1) is 18.5. The van der Waals surface area contributed by atoms with E-state index in [1.807, 2.05) is 45.9 Å². The predicted molar refractivity (Wildman–Crippen MR) is 96.3 cm³/mol. The van der Waals surface area contributed by atoms with Crippen molar-refractivity contribution in [1.29, 1.82) is 0 Å². The van der Waals surface area contributed by atoms with Gasteiger partial charge in [0.1, 0.15) is 5.69 Å². The van der Waals surface area contributed by atoms with Crippen LogP contribution in [-0.2, 0) is 5.54 Å². The average molecular weight is 350 g/mol. The van der Waals surface area contributed by atoms with Crippen LogP contribution < -0.4 is 5.32 Å². The third kappa shape index (κ3) is 4.16. The Labute approximate surface area is 147 Å². The molecule has 1 unspecified atom stereocenters. The topological polar surface area (TPSA) is 67.2 Å². The number of carbonyl (C=O) groups is 1. The number of hydrogen-bond acceptors (Lipinski definition) is 3. The van der Waals surface area contributed by atoms with Gasteiger partial charge in [-0.3, -0.25) is 9.48 Å². The number of benzene rings is 1. The molecule has 5 nitrogen and oxygen atoms in total. The van der Waals surface area contributed by atoms with Gasteiger partial charge in [0.25, 0.3) is 5.91 Å². The molecule has 130 valence electrons. The second-order valence-corrected chi connectivity index (χ2v) is 7.28. The Morgan fingerprint density at radius 2 is 2.04 bits per heavy atom. The fourth-order valence-electron chi connectivity index (χ4n) is 2.30. The zero-order valence-electron chi connectivity index (χ0n) is 14.5. The van der Waals surface area contributed by atoms with Crippen LogP contribution in [0.1, 0.15) is 44.5 Å². The summed E-state index contributed by atoms with van der Waals surface area (Å²) in [4.78, 5) is 12.7. The average Bonchev–Trinajstić information content (AvgIpc) is 2.93. The van der Waals surface area contributed by atoms with Crippen LogP contribution >= 0.6 is 11.6 Å². The Balaban J connectivity index is 2.48. The molecular weight excluding hydrogens is 326 g/mol. The number of hydrogen-bond donors (Lipinski definition) is 2. The fraction of sp³-hybridized carbons (Fsp3) is 0.444. The van der Waals surface area contributed by atoms with Crippen molar-refractivity contribution in [3.63, 3.8) is 0 Å². The lowest BCUT2D eigenvalue weighted by molar-refractivity contribution is 0.0935. The van der Waals surface area contributed by atoms with Crippen LogP contribution in [0.5, 0.6) is 0 Å². The summed E-state index contributed by atoms with van der Waals surface area (Å²) in [6, 6.07) is 7.22. The zero-order chi connectivity index (χ0) is 17.9. The van der Waals surface area contributed by atoms with Crippen LogP contribution in [0.25, 0.3) is 11.3 Å². The molecule has 1 heterocycles. The second kappa shape index (κ2) is 7.36. The van der Waals surface area contributed by atoms with Gasteiger partial charge in [0.05, 0.1) is 16.1 Å². The number of halogens is 1. The maximum atomic E-state index is 12.7. The van der Waals surface area contributed by atoms with Crippen molar-refractivity contribution in [3.05, 3.63) is 41.0 Å². The summed E-state index contributed by atoms with van der Waals surface area (Å²) in [5.74, 6) is -0.221. The maximum absolute atomic E-state index is 12.7. The van der Waals surface area contributed by atoms with Gasteiger partial charge in [-0.15, -0.1) is 0 Å². The first-order valence-corrected chi connectivity index (χ1v) is 8.38. The van der Waals surface area contributed by atoms with E-state index >= 15 is 0 Å². The van der Waals surface area contributed by atoms with E-state index in [9.17, 15) is 4.79 Å². The largest absolute Gasteiger partial charge is 0.396 e. The molecular formula is C18H24ClN3O2. The molecule has 0 aliphatic heterocycles. The van der Waals surface area contributed by atoms with Gasteiger partial charge in [0.2, 0.25) is 0 Å². The SMILES string of the molecule is CC(CCO)NC(=O)c1cn(C(C)(C)C)nc1-c1ccccc1Cl. The van der Waals surface area contributed by atoms with Crippen molar-refractivity contribution < 1.29 is 9.90 Å². The van der Waals surface area contributed by atoms with E-state index < -0.39 is 0 Å². The molecule has 1 aromatic heterocycles. The molecule has 1 aromatic carbocycles. The summed E-state index contributed by atoms with van der Waals surface area (Å²) in [6.45, 7) is 7.95. The lowest BCUT2D eigenvalue weighted by Gasteiger charge is -2.18. The van der Waals surface area contributed by atoms with Gasteiger partial charge < -0.3 is 10.4 Å². The molecule has 0 fully saturated rings. The molecule has 0 radical (unpaired) electrons. The number of rotatable bonds is 5. The third-order valence-corrected chi connectivity index (χ3v) is 4.04. The highest BCUT2D eigenvalue weighted by Gasteiger charge is 2.24. The van der Waals surface area contributed by atoms with Gasteiger partial charge in [-0.25, -0.2) is 0 Å². The molecule has 2 rings (SSSR count). The Morgan fingerprint density at radius 1 is 1.38 bits per heavy atom. The maximum Gasteiger partial charge on any atom is 0.255 e. The van der Waals surface area contributed by atoms with E-state index in [1.165, 1.54) is 0 Å². The minimum Gasteiger partial charge on any atom is -0.396 e. The van der Waals surface area contributed by atoms with Crippen LogP contribution in [0.15, 0.2) is 30.5 Å². The smallest absolute Gasteiger partial charge is 0.255 e. The van der Waals surface area contributed by atoms with E-state index in [2.05, 4.69) is 10.4 Å². The van der Waals surface area contributed by atoms with Crippen LogP contribution in [0.4, 0.5) is 0 Å². The Morgan fingerprint density at radius 3 is 2.62 bits per heavy atom. The van der Waals surface area contributed by atoms with Gasteiger partial charge in [0, 0.05) is 24.4 Å². The van der Waals surface area contributed by atoms with Gasteiger partial charge in [-0.2, -0.15) is 5.10 Å². The number of aliphatic hydroxyl groups is 1. The summed E-state index contributed by atoms with van der Waals surface area (Å²) in [5, 5.41) is 17.1. The number of nitrogens with one attached hydrogen (secondary N) is 1. The highest BCUT2D eigenvalue weighted by molar-refractivity contribution is 6.33. The number of aromatic nitrogens is 2. The Bertz CT molecular complexity index is 719. The van der Waals surface area contributed by atoms with E-state index in [0.29, 0.717) is 22.7 Å². The van der Waals surface area contributed by atoms with Gasteiger partial charge in [-0.05, 0) is 40.2 Å². The minimum atomic E-state index is -0.259. The van der Waals surface area contributed by atoms with Crippen molar-refractivity contribution >= 4 is 17.5 Å². The molecule has 2 N–H and O–H groups in total. The quantitative estimate of drug-likeness (QED) is 0.868. The summed E-state index contributed by atoms with van der Waals surface area (Å²) in [7, 11) is 0. The van der Waals surface area contributed by atoms with E-state index in [-0.39, 0.29) is 24.1 Å². The lowest BCUT2D eigenvalue weighted by atomic mass is 10.1. The number of nitrogens with zero attached hydrogens (tertiary/aromatic N) is 2. The second-order valence-electron chi connectivity index (χ2n) is 6.87. The van der Waals surface area contributed by atoms with Gasteiger partial charge in [0.15, 0.2) is 0 Å². The van der Waals surface area contributed by atoms with Crippen molar-refractivity contribution in [2.75, 3.05) is 6.61 Å². The molecule has 0 saturated carbocycles. The van der Waals surface area contributed by atoms with Crippen molar-refractivity contribution in [1.82, 2.24) is 15.1 Å². The highest BCUT2D eigenvalue weighted by atomic mass is 35.5. The zero-order valence-corrected chi connectivity index (χ0v) is 15.3. The molecule has 0 aliphatic rings.